The minimum Gasteiger partial charge on any atom is -0.456 e. The maximum Gasteiger partial charge on any atom is 0.146 e. The van der Waals surface area contributed by atoms with Gasteiger partial charge in [0.1, 0.15) is 16.9 Å². The van der Waals surface area contributed by atoms with Crippen molar-refractivity contribution in [3.8, 4) is 17.6 Å². The van der Waals surface area contributed by atoms with E-state index in [-0.39, 0.29) is 0 Å². The normalized spacial score (nSPS) is 11.7. The number of alkyl halides is 1. The van der Waals surface area contributed by atoms with Crippen molar-refractivity contribution in [1.29, 1.82) is 5.26 Å². The molecule has 0 aliphatic carbocycles. The summed E-state index contributed by atoms with van der Waals surface area (Å²) in [6.07, 6.45) is 0.500. The van der Waals surface area contributed by atoms with Gasteiger partial charge in [0.15, 0.2) is 0 Å². The van der Waals surface area contributed by atoms with Crippen LogP contribution in [-0.4, -0.2) is 5.38 Å². The van der Waals surface area contributed by atoms with E-state index in [0.717, 1.165) is 5.56 Å². The molecular weight excluding hydrogens is 317 g/mol. The van der Waals surface area contributed by atoms with E-state index in [2.05, 4.69) is 0 Å². The molecule has 0 N–H and O–H groups in total. The number of ether oxygens (including phenoxy) is 1. The van der Waals surface area contributed by atoms with E-state index in [1.165, 1.54) is 0 Å². The molecule has 0 bridgehead atoms. The first-order valence-electron chi connectivity index (χ1n) is 5.84. The zero-order valence-corrected chi connectivity index (χ0v) is 12.6. The fraction of sp³-hybridized carbons (Fsp3) is 0.133. The van der Waals surface area contributed by atoms with Gasteiger partial charge in [-0.2, -0.15) is 5.26 Å². The van der Waals surface area contributed by atoms with Gasteiger partial charge in [0.25, 0.3) is 0 Å². The van der Waals surface area contributed by atoms with Gasteiger partial charge in [-0.05, 0) is 35.9 Å². The van der Waals surface area contributed by atoms with E-state index in [1.807, 2.05) is 18.2 Å². The second-order valence-electron chi connectivity index (χ2n) is 4.12. The quantitative estimate of drug-likeness (QED) is 0.699. The summed E-state index contributed by atoms with van der Waals surface area (Å²) < 4.78 is 5.66. The largest absolute Gasteiger partial charge is 0.456 e. The van der Waals surface area contributed by atoms with Gasteiger partial charge in [0.05, 0.1) is 11.1 Å². The van der Waals surface area contributed by atoms with Gasteiger partial charge in [0.2, 0.25) is 0 Å². The predicted octanol–water partition coefficient (Wildman–Crippen LogP) is 5.46. The van der Waals surface area contributed by atoms with Crippen molar-refractivity contribution in [1.82, 2.24) is 0 Å². The molecule has 1 unspecified atom stereocenters. The molecule has 0 radical (unpaired) electrons. The highest BCUT2D eigenvalue weighted by Gasteiger charge is 2.06. The Hall–Kier alpha value is -1.40. The van der Waals surface area contributed by atoms with Gasteiger partial charge in [-0.1, -0.05) is 35.3 Å². The van der Waals surface area contributed by atoms with Gasteiger partial charge in [-0.25, -0.2) is 0 Å². The zero-order valence-electron chi connectivity index (χ0n) is 10.3. The average molecular weight is 327 g/mol. The third-order valence-electron chi connectivity index (χ3n) is 2.60. The van der Waals surface area contributed by atoms with Crippen molar-refractivity contribution in [2.24, 2.45) is 0 Å². The smallest absolute Gasteiger partial charge is 0.146 e. The molecule has 20 heavy (non-hydrogen) atoms. The number of rotatable bonds is 4. The summed E-state index contributed by atoms with van der Waals surface area (Å²) in [5.41, 5.74) is 0.973. The van der Waals surface area contributed by atoms with E-state index in [1.54, 1.807) is 30.3 Å². The van der Waals surface area contributed by atoms with Crippen molar-refractivity contribution in [3.05, 3.63) is 58.1 Å². The highest BCUT2D eigenvalue weighted by molar-refractivity contribution is 6.35. The van der Waals surface area contributed by atoms with Gasteiger partial charge in [-0.15, -0.1) is 11.6 Å². The maximum absolute atomic E-state index is 8.67. The molecule has 2 aromatic rings. The Morgan fingerprint density at radius 3 is 2.40 bits per heavy atom. The van der Waals surface area contributed by atoms with Crippen molar-refractivity contribution >= 4 is 34.8 Å². The lowest BCUT2D eigenvalue weighted by Gasteiger charge is -2.08. The molecule has 5 heteroatoms. The summed E-state index contributed by atoms with van der Waals surface area (Å²) in [7, 11) is 0. The van der Waals surface area contributed by atoms with Crippen LogP contribution in [0, 0.1) is 11.3 Å². The Kier molecular flexibility index (Phi) is 5.14. The summed E-state index contributed by atoms with van der Waals surface area (Å²) in [6.45, 7) is 0. The topological polar surface area (TPSA) is 33.0 Å². The fourth-order valence-corrected chi connectivity index (χ4v) is 2.26. The Morgan fingerprint density at radius 1 is 1.10 bits per heavy atom. The molecule has 0 spiro atoms. The molecule has 2 aromatic carbocycles. The molecule has 0 amide bonds. The lowest BCUT2D eigenvalue weighted by atomic mass is 10.1. The number of hydrogen-bond acceptors (Lipinski definition) is 2. The van der Waals surface area contributed by atoms with Crippen LogP contribution in [0.4, 0.5) is 0 Å². The lowest BCUT2D eigenvalue weighted by molar-refractivity contribution is 0.482. The van der Waals surface area contributed by atoms with E-state index in [9.17, 15) is 0 Å². The van der Waals surface area contributed by atoms with Crippen molar-refractivity contribution in [3.63, 3.8) is 0 Å². The van der Waals surface area contributed by atoms with Crippen LogP contribution in [0.15, 0.2) is 42.5 Å². The van der Waals surface area contributed by atoms with Gasteiger partial charge in [0, 0.05) is 11.4 Å². The van der Waals surface area contributed by atoms with Crippen LogP contribution >= 0.6 is 34.8 Å². The summed E-state index contributed by atoms with van der Waals surface area (Å²) in [4.78, 5) is 0. The van der Waals surface area contributed by atoms with Crippen molar-refractivity contribution in [2.75, 3.05) is 0 Å². The predicted molar refractivity (Wildman–Crippen MR) is 81.9 cm³/mol. The third-order valence-corrected chi connectivity index (χ3v) is 3.38. The van der Waals surface area contributed by atoms with E-state index in [0.29, 0.717) is 28.0 Å². The zero-order chi connectivity index (χ0) is 14.5. The molecule has 2 rings (SSSR count). The first-order valence-corrected chi connectivity index (χ1v) is 7.03. The average Bonchev–Trinajstić information content (AvgIpc) is 2.44. The first kappa shape index (κ1) is 15.0. The van der Waals surface area contributed by atoms with Crippen LogP contribution in [0.2, 0.25) is 10.0 Å². The molecule has 1 atom stereocenters. The first-order chi connectivity index (χ1) is 9.58. The van der Waals surface area contributed by atoms with Gasteiger partial charge >= 0.3 is 0 Å². The van der Waals surface area contributed by atoms with Crippen LogP contribution in [0.25, 0.3) is 0 Å². The molecule has 0 aliphatic rings. The molecular formula is C15H10Cl3NO. The minimum absolute atomic E-state index is 0.451. The highest BCUT2D eigenvalue weighted by Crippen LogP contribution is 2.31. The van der Waals surface area contributed by atoms with Crippen LogP contribution in [0.5, 0.6) is 11.5 Å². The van der Waals surface area contributed by atoms with Gasteiger partial charge < -0.3 is 4.74 Å². The summed E-state index contributed by atoms with van der Waals surface area (Å²) in [6, 6.07) is 14.4. The van der Waals surface area contributed by atoms with E-state index in [4.69, 9.17) is 44.8 Å². The molecule has 0 fully saturated rings. The Morgan fingerprint density at radius 2 is 1.80 bits per heavy atom. The van der Waals surface area contributed by atoms with Crippen LogP contribution < -0.4 is 4.74 Å². The summed E-state index contributed by atoms with van der Waals surface area (Å²) >= 11 is 17.6. The maximum atomic E-state index is 8.67. The Balaban J connectivity index is 2.09. The molecule has 2 nitrogen and oxygen atoms in total. The number of benzene rings is 2. The van der Waals surface area contributed by atoms with E-state index >= 15 is 0 Å². The summed E-state index contributed by atoms with van der Waals surface area (Å²) in [5, 5.41) is 9.15. The van der Waals surface area contributed by atoms with Crippen LogP contribution in [-0.2, 0) is 6.42 Å². The Labute approximate surface area is 132 Å². The molecule has 0 heterocycles. The Bertz CT molecular complexity index is 635. The van der Waals surface area contributed by atoms with Crippen molar-refractivity contribution < 1.29 is 4.74 Å². The molecule has 0 saturated carbocycles. The van der Waals surface area contributed by atoms with Crippen LogP contribution in [0.3, 0.4) is 0 Å². The molecule has 102 valence electrons. The number of halogens is 3. The lowest BCUT2D eigenvalue weighted by Crippen LogP contribution is -1.99. The van der Waals surface area contributed by atoms with Gasteiger partial charge in [-0.3, -0.25) is 0 Å². The molecule has 0 saturated heterocycles. The number of nitriles is 1. The second-order valence-corrected chi connectivity index (χ2v) is 5.49. The number of hydrogen-bond donors (Lipinski definition) is 0. The minimum atomic E-state index is -0.521. The monoisotopic (exact) mass is 325 g/mol. The molecule has 0 aromatic heterocycles. The second kappa shape index (κ2) is 6.85. The van der Waals surface area contributed by atoms with Crippen LogP contribution in [0.1, 0.15) is 5.56 Å². The van der Waals surface area contributed by atoms with Crippen molar-refractivity contribution in [2.45, 2.75) is 11.8 Å². The molecule has 0 aliphatic heterocycles. The summed E-state index contributed by atoms with van der Waals surface area (Å²) in [5.74, 6) is 1.19. The number of nitrogens with zero attached hydrogens (tertiary/aromatic N) is 1. The third kappa shape index (κ3) is 4.05. The standard InChI is InChI=1S/C15H10Cl3NO/c16-11-3-6-15(14(18)8-11)20-13-4-1-10(2-5-13)7-12(17)9-19/h1-6,8,12H,7H2. The highest BCUT2D eigenvalue weighted by atomic mass is 35.5. The SMILES string of the molecule is N#CC(Cl)Cc1ccc(Oc2ccc(Cl)cc2Cl)cc1. The van der Waals surface area contributed by atoms with E-state index < -0.39 is 5.38 Å². The fourth-order valence-electron chi connectivity index (χ4n) is 1.63.